The second-order valence-corrected chi connectivity index (χ2v) is 9.01. The Morgan fingerprint density at radius 1 is 1.00 bits per heavy atom. The molecule has 1 aliphatic rings. The van der Waals surface area contributed by atoms with Crippen molar-refractivity contribution >= 4 is 35.0 Å². The third-order valence-corrected chi connectivity index (χ3v) is 6.67. The van der Waals surface area contributed by atoms with Crippen molar-refractivity contribution in [2.24, 2.45) is 0 Å². The molecule has 1 fully saturated rings. The summed E-state index contributed by atoms with van der Waals surface area (Å²) >= 11 is 1.55. The van der Waals surface area contributed by atoms with Crippen molar-refractivity contribution in [2.45, 2.75) is 63.7 Å². The molecule has 1 saturated heterocycles. The van der Waals surface area contributed by atoms with Gasteiger partial charge in [0.25, 0.3) is 0 Å². The highest BCUT2D eigenvalue weighted by molar-refractivity contribution is 8.00. The maximum Gasteiger partial charge on any atom is 0.238 e. The summed E-state index contributed by atoms with van der Waals surface area (Å²) in [5.74, 6) is 0.114. The third-order valence-electron chi connectivity index (χ3n) is 5.46. The van der Waals surface area contributed by atoms with E-state index in [2.05, 4.69) is 12.2 Å². The number of halogens is 1. The normalized spacial score (nSPS) is 16.0. The highest BCUT2D eigenvalue weighted by Crippen LogP contribution is 2.41. The van der Waals surface area contributed by atoms with Crippen molar-refractivity contribution in [2.75, 3.05) is 16.0 Å². The van der Waals surface area contributed by atoms with E-state index < -0.39 is 0 Å². The first kappa shape index (κ1) is 23.3. The van der Waals surface area contributed by atoms with E-state index >= 15 is 0 Å². The fraction of sp³-hybridized carbons (Fsp3) is 0.440. The lowest BCUT2D eigenvalue weighted by Crippen LogP contribution is -2.27. The molecule has 2 amide bonds. The molecular weight excluding hydrogens is 411 g/mol. The Morgan fingerprint density at radius 2 is 1.65 bits per heavy atom. The van der Waals surface area contributed by atoms with Gasteiger partial charge in [0.2, 0.25) is 11.8 Å². The van der Waals surface area contributed by atoms with Crippen molar-refractivity contribution in [3.63, 3.8) is 0 Å². The van der Waals surface area contributed by atoms with Crippen LogP contribution in [0.5, 0.6) is 0 Å². The van der Waals surface area contributed by atoms with Crippen molar-refractivity contribution in [3.8, 4) is 0 Å². The van der Waals surface area contributed by atoms with Gasteiger partial charge in [-0.3, -0.25) is 14.5 Å². The summed E-state index contributed by atoms with van der Waals surface area (Å²) in [6.45, 7) is 2.21. The van der Waals surface area contributed by atoms with Gasteiger partial charge < -0.3 is 5.32 Å². The zero-order valence-electron chi connectivity index (χ0n) is 18.1. The molecule has 6 heteroatoms. The van der Waals surface area contributed by atoms with Crippen LogP contribution in [0.4, 0.5) is 15.8 Å². The summed E-state index contributed by atoms with van der Waals surface area (Å²) in [6, 6.07) is 13.6. The van der Waals surface area contributed by atoms with Gasteiger partial charge in [-0.25, -0.2) is 4.39 Å². The number of nitrogens with one attached hydrogen (secondary N) is 1. The van der Waals surface area contributed by atoms with Gasteiger partial charge in [-0.05, 0) is 48.4 Å². The van der Waals surface area contributed by atoms with Gasteiger partial charge in [0.1, 0.15) is 11.2 Å². The van der Waals surface area contributed by atoms with Crippen LogP contribution in [0.3, 0.4) is 0 Å². The summed E-state index contributed by atoms with van der Waals surface area (Å²) in [5, 5.41) is 2.80. The predicted octanol–water partition coefficient (Wildman–Crippen LogP) is 6.68. The summed E-state index contributed by atoms with van der Waals surface area (Å²) in [6.07, 6.45) is 8.86. The molecule has 0 unspecified atom stereocenters. The maximum absolute atomic E-state index is 13.3. The number of carbonyl (C=O) groups excluding carboxylic acids is 2. The number of hydrogen-bond donors (Lipinski definition) is 1. The zero-order valence-corrected chi connectivity index (χ0v) is 18.9. The molecule has 0 radical (unpaired) electrons. The summed E-state index contributed by atoms with van der Waals surface area (Å²) in [4.78, 5) is 26.3. The fourth-order valence-corrected chi connectivity index (χ4v) is 4.93. The fourth-order valence-electron chi connectivity index (χ4n) is 3.75. The standard InChI is InChI=1S/C25H31FN2O2S/c1-2-3-4-5-6-7-8-9-23(29)27-21-14-10-19(11-15-21)25-28(24(30)18-31-25)22-16-12-20(26)13-17-22/h10-17,25H,2-9,18H2,1H3,(H,27,29)/t25-/m0/s1. The molecule has 166 valence electrons. The Balaban J connectivity index is 1.50. The lowest BCUT2D eigenvalue weighted by molar-refractivity contribution is -0.116. The Hall–Kier alpha value is -2.34. The van der Waals surface area contributed by atoms with E-state index in [-0.39, 0.29) is 23.0 Å². The monoisotopic (exact) mass is 442 g/mol. The van der Waals surface area contributed by atoms with E-state index in [0.29, 0.717) is 17.9 Å². The first-order valence-electron chi connectivity index (χ1n) is 11.2. The SMILES string of the molecule is CCCCCCCCCC(=O)Nc1ccc([C@@H]2SCC(=O)N2c2ccc(F)cc2)cc1. The van der Waals surface area contributed by atoms with Gasteiger partial charge in [0.05, 0.1) is 5.75 Å². The van der Waals surface area contributed by atoms with Crippen LogP contribution in [0.1, 0.15) is 69.2 Å². The van der Waals surface area contributed by atoms with Crippen LogP contribution >= 0.6 is 11.8 Å². The van der Waals surface area contributed by atoms with Crippen molar-refractivity contribution in [1.29, 1.82) is 0 Å². The van der Waals surface area contributed by atoms with E-state index in [9.17, 15) is 14.0 Å². The molecule has 4 nitrogen and oxygen atoms in total. The van der Waals surface area contributed by atoms with E-state index in [4.69, 9.17) is 0 Å². The minimum atomic E-state index is -0.323. The van der Waals surface area contributed by atoms with Crippen molar-refractivity contribution < 1.29 is 14.0 Å². The highest BCUT2D eigenvalue weighted by Gasteiger charge is 2.34. The predicted molar refractivity (Wildman–Crippen MR) is 127 cm³/mol. The van der Waals surface area contributed by atoms with Crippen LogP contribution in [-0.2, 0) is 9.59 Å². The summed E-state index contributed by atoms with van der Waals surface area (Å²) in [5.41, 5.74) is 2.43. The molecule has 0 bridgehead atoms. The third kappa shape index (κ3) is 6.82. The average Bonchev–Trinajstić information content (AvgIpc) is 3.15. The van der Waals surface area contributed by atoms with Crippen LogP contribution in [0.15, 0.2) is 48.5 Å². The van der Waals surface area contributed by atoms with E-state index in [1.165, 1.54) is 44.2 Å². The van der Waals surface area contributed by atoms with Gasteiger partial charge in [0.15, 0.2) is 0 Å². The largest absolute Gasteiger partial charge is 0.326 e. The van der Waals surface area contributed by atoms with Crippen LogP contribution in [0.2, 0.25) is 0 Å². The van der Waals surface area contributed by atoms with Gasteiger partial charge in [-0.15, -0.1) is 11.8 Å². The number of carbonyl (C=O) groups is 2. The molecule has 3 rings (SSSR count). The minimum absolute atomic E-state index is 0.00804. The van der Waals surface area contributed by atoms with Crippen molar-refractivity contribution in [1.82, 2.24) is 0 Å². The number of thioether (sulfide) groups is 1. The number of unbranched alkanes of at least 4 members (excludes halogenated alkanes) is 6. The number of amides is 2. The van der Waals surface area contributed by atoms with Crippen LogP contribution in [-0.4, -0.2) is 17.6 Å². The number of nitrogens with zero attached hydrogens (tertiary/aromatic N) is 1. The second-order valence-electron chi connectivity index (χ2n) is 7.95. The zero-order chi connectivity index (χ0) is 22.1. The Kier molecular flexibility index (Phi) is 8.95. The first-order valence-corrected chi connectivity index (χ1v) is 12.2. The lowest BCUT2D eigenvalue weighted by atomic mass is 10.1. The number of benzene rings is 2. The van der Waals surface area contributed by atoms with Crippen molar-refractivity contribution in [3.05, 3.63) is 59.9 Å². The Labute approximate surface area is 188 Å². The quantitative estimate of drug-likeness (QED) is 0.395. The molecule has 2 aromatic carbocycles. The minimum Gasteiger partial charge on any atom is -0.326 e. The molecule has 0 aliphatic carbocycles. The number of rotatable bonds is 11. The molecule has 2 aromatic rings. The number of anilines is 2. The van der Waals surface area contributed by atoms with Gasteiger partial charge >= 0.3 is 0 Å². The smallest absolute Gasteiger partial charge is 0.238 e. The first-order chi connectivity index (χ1) is 15.1. The molecule has 1 aliphatic heterocycles. The Morgan fingerprint density at radius 3 is 2.32 bits per heavy atom. The summed E-state index contributed by atoms with van der Waals surface area (Å²) in [7, 11) is 0. The highest BCUT2D eigenvalue weighted by atomic mass is 32.2. The lowest BCUT2D eigenvalue weighted by Gasteiger charge is -2.24. The van der Waals surface area contributed by atoms with Crippen LogP contribution < -0.4 is 10.2 Å². The van der Waals surface area contributed by atoms with Gasteiger partial charge in [-0.1, -0.05) is 57.6 Å². The summed E-state index contributed by atoms with van der Waals surface area (Å²) < 4.78 is 13.3. The Bertz CT molecular complexity index is 855. The molecule has 0 aromatic heterocycles. The van der Waals surface area contributed by atoms with E-state index in [1.54, 1.807) is 28.8 Å². The van der Waals surface area contributed by atoms with Crippen LogP contribution in [0, 0.1) is 5.82 Å². The molecule has 1 N–H and O–H groups in total. The average molecular weight is 443 g/mol. The molecule has 31 heavy (non-hydrogen) atoms. The molecule has 1 atom stereocenters. The molecule has 1 heterocycles. The molecule has 0 saturated carbocycles. The molecular formula is C25H31FN2O2S. The topological polar surface area (TPSA) is 49.4 Å². The van der Waals surface area contributed by atoms with E-state index in [1.807, 2.05) is 24.3 Å². The van der Waals surface area contributed by atoms with Gasteiger partial charge in [-0.2, -0.15) is 0 Å². The van der Waals surface area contributed by atoms with Gasteiger partial charge in [0, 0.05) is 17.8 Å². The number of hydrogen-bond acceptors (Lipinski definition) is 3. The van der Waals surface area contributed by atoms with E-state index in [0.717, 1.165) is 24.1 Å². The maximum atomic E-state index is 13.3. The second kappa shape index (κ2) is 11.9. The van der Waals surface area contributed by atoms with Crippen LogP contribution in [0.25, 0.3) is 0 Å². The molecule has 0 spiro atoms.